The molecule has 3 heteroatoms. The van der Waals surface area contributed by atoms with Gasteiger partial charge >= 0.3 is 0 Å². The maximum atomic E-state index is 10.1. The molecule has 0 unspecified atom stereocenters. The predicted molar refractivity (Wildman–Crippen MR) is 72.1 cm³/mol. The van der Waals surface area contributed by atoms with Gasteiger partial charge in [0.2, 0.25) is 0 Å². The highest BCUT2D eigenvalue weighted by molar-refractivity contribution is 5.14. The van der Waals surface area contributed by atoms with E-state index in [-0.39, 0.29) is 5.92 Å². The highest BCUT2D eigenvalue weighted by Crippen LogP contribution is 2.28. The smallest absolute Gasteiger partial charge is 0.0656 e. The van der Waals surface area contributed by atoms with Crippen molar-refractivity contribution in [3.63, 3.8) is 0 Å². The first kappa shape index (κ1) is 13.5. The predicted octanol–water partition coefficient (Wildman–Crippen LogP) is 1.64. The third-order valence-electron chi connectivity index (χ3n) is 3.82. The monoisotopic (exact) mass is 249 g/mol. The SMILES string of the molecule is CC(C)(O)[C@@H]1CN(Cc2ccccc2)CC[C@H]1O. The molecule has 2 rings (SSSR count). The summed E-state index contributed by atoms with van der Waals surface area (Å²) in [6.45, 7) is 6.10. The summed E-state index contributed by atoms with van der Waals surface area (Å²) in [5, 5.41) is 20.1. The van der Waals surface area contributed by atoms with Gasteiger partial charge in [-0.25, -0.2) is 0 Å². The summed E-state index contributed by atoms with van der Waals surface area (Å²) < 4.78 is 0. The number of rotatable bonds is 3. The molecule has 1 aromatic carbocycles. The largest absolute Gasteiger partial charge is 0.393 e. The number of aliphatic hydroxyl groups excluding tert-OH is 1. The van der Waals surface area contributed by atoms with E-state index in [1.807, 2.05) is 18.2 Å². The zero-order valence-electron chi connectivity index (χ0n) is 11.2. The molecule has 1 aromatic rings. The average molecular weight is 249 g/mol. The van der Waals surface area contributed by atoms with Crippen LogP contribution in [0.2, 0.25) is 0 Å². The molecule has 0 saturated carbocycles. The third-order valence-corrected chi connectivity index (χ3v) is 3.82. The molecule has 1 saturated heterocycles. The van der Waals surface area contributed by atoms with Crippen LogP contribution < -0.4 is 0 Å². The summed E-state index contributed by atoms with van der Waals surface area (Å²) in [5.74, 6) is -0.0741. The lowest BCUT2D eigenvalue weighted by molar-refractivity contribution is -0.0845. The van der Waals surface area contributed by atoms with E-state index >= 15 is 0 Å². The molecule has 1 heterocycles. The number of hydrogen-bond donors (Lipinski definition) is 2. The van der Waals surface area contributed by atoms with Crippen LogP contribution in [-0.2, 0) is 6.54 Å². The Morgan fingerprint density at radius 1 is 1.28 bits per heavy atom. The maximum Gasteiger partial charge on any atom is 0.0656 e. The van der Waals surface area contributed by atoms with E-state index in [1.165, 1.54) is 5.56 Å². The van der Waals surface area contributed by atoms with Crippen LogP contribution in [0.15, 0.2) is 30.3 Å². The van der Waals surface area contributed by atoms with Crippen molar-refractivity contribution in [1.82, 2.24) is 4.90 Å². The number of benzene rings is 1. The summed E-state index contributed by atoms with van der Waals surface area (Å²) in [7, 11) is 0. The Labute approximate surface area is 109 Å². The Morgan fingerprint density at radius 2 is 1.94 bits per heavy atom. The van der Waals surface area contributed by atoms with Crippen LogP contribution in [0.25, 0.3) is 0 Å². The molecule has 1 aliphatic rings. The number of piperidine rings is 1. The molecule has 0 aromatic heterocycles. The zero-order valence-corrected chi connectivity index (χ0v) is 11.2. The second kappa shape index (κ2) is 5.39. The molecule has 0 spiro atoms. The van der Waals surface area contributed by atoms with Crippen LogP contribution in [0, 0.1) is 5.92 Å². The highest BCUT2D eigenvalue weighted by Gasteiger charge is 2.37. The quantitative estimate of drug-likeness (QED) is 0.856. The molecular formula is C15H23NO2. The van der Waals surface area contributed by atoms with Gasteiger partial charge in [0, 0.05) is 25.6 Å². The second-order valence-corrected chi connectivity index (χ2v) is 5.84. The summed E-state index contributed by atoms with van der Waals surface area (Å²) >= 11 is 0. The topological polar surface area (TPSA) is 43.7 Å². The summed E-state index contributed by atoms with van der Waals surface area (Å²) in [5.41, 5.74) is 0.456. The summed E-state index contributed by atoms with van der Waals surface area (Å²) in [6, 6.07) is 10.3. The van der Waals surface area contributed by atoms with Gasteiger partial charge in [-0.15, -0.1) is 0 Å². The first-order valence-corrected chi connectivity index (χ1v) is 6.63. The molecule has 3 nitrogen and oxygen atoms in total. The molecule has 0 bridgehead atoms. The lowest BCUT2D eigenvalue weighted by Gasteiger charge is -2.41. The molecule has 1 aliphatic heterocycles. The number of hydrogen-bond acceptors (Lipinski definition) is 3. The summed E-state index contributed by atoms with van der Waals surface area (Å²) in [4.78, 5) is 2.31. The van der Waals surface area contributed by atoms with Crippen molar-refractivity contribution < 1.29 is 10.2 Å². The first-order valence-electron chi connectivity index (χ1n) is 6.63. The van der Waals surface area contributed by atoms with Gasteiger partial charge in [-0.05, 0) is 25.8 Å². The minimum Gasteiger partial charge on any atom is -0.393 e. The maximum absolute atomic E-state index is 10.1. The molecule has 0 aliphatic carbocycles. The third kappa shape index (κ3) is 3.31. The van der Waals surface area contributed by atoms with Crippen LogP contribution in [0.3, 0.4) is 0 Å². The molecule has 2 atom stereocenters. The van der Waals surface area contributed by atoms with Crippen molar-refractivity contribution in [3.8, 4) is 0 Å². The molecule has 18 heavy (non-hydrogen) atoms. The van der Waals surface area contributed by atoms with Gasteiger partial charge in [-0.1, -0.05) is 30.3 Å². The Hall–Kier alpha value is -0.900. The van der Waals surface area contributed by atoms with Crippen LogP contribution in [-0.4, -0.2) is 39.9 Å². The van der Waals surface area contributed by atoms with Crippen LogP contribution in [0.1, 0.15) is 25.8 Å². The van der Waals surface area contributed by atoms with Gasteiger partial charge in [0.15, 0.2) is 0 Å². The molecule has 2 N–H and O–H groups in total. The van der Waals surface area contributed by atoms with Crippen molar-refractivity contribution in [3.05, 3.63) is 35.9 Å². The van der Waals surface area contributed by atoms with Crippen LogP contribution in [0.4, 0.5) is 0 Å². The van der Waals surface area contributed by atoms with E-state index < -0.39 is 11.7 Å². The standard InChI is InChI=1S/C15H23NO2/c1-15(2,18)13-11-16(9-8-14(13)17)10-12-6-4-3-5-7-12/h3-7,13-14,17-18H,8-11H2,1-2H3/t13-,14-/m1/s1. The summed E-state index contributed by atoms with van der Waals surface area (Å²) in [6.07, 6.45) is 0.346. The van der Waals surface area contributed by atoms with Crippen molar-refractivity contribution in [2.24, 2.45) is 5.92 Å². The average Bonchev–Trinajstić information content (AvgIpc) is 2.31. The number of likely N-dealkylation sites (tertiary alicyclic amines) is 1. The minimum atomic E-state index is -0.825. The van der Waals surface area contributed by atoms with Gasteiger partial charge in [-0.2, -0.15) is 0 Å². The normalized spacial score (nSPS) is 26.2. The van der Waals surface area contributed by atoms with E-state index in [2.05, 4.69) is 17.0 Å². The fourth-order valence-electron chi connectivity index (χ4n) is 2.69. The zero-order chi connectivity index (χ0) is 13.2. The van der Waals surface area contributed by atoms with E-state index in [1.54, 1.807) is 13.8 Å². The Bertz CT molecular complexity index is 372. The number of nitrogens with zero attached hydrogens (tertiary/aromatic N) is 1. The lowest BCUT2D eigenvalue weighted by atomic mass is 9.82. The minimum absolute atomic E-state index is 0.0741. The van der Waals surface area contributed by atoms with E-state index in [9.17, 15) is 10.2 Å². The van der Waals surface area contributed by atoms with Crippen molar-refractivity contribution in [1.29, 1.82) is 0 Å². The highest BCUT2D eigenvalue weighted by atomic mass is 16.3. The fourth-order valence-corrected chi connectivity index (χ4v) is 2.69. The van der Waals surface area contributed by atoms with Gasteiger partial charge in [-0.3, -0.25) is 4.90 Å². The molecule has 100 valence electrons. The van der Waals surface area contributed by atoms with Crippen molar-refractivity contribution >= 4 is 0 Å². The van der Waals surface area contributed by atoms with E-state index in [0.29, 0.717) is 0 Å². The van der Waals surface area contributed by atoms with Gasteiger partial charge in [0.05, 0.1) is 11.7 Å². The lowest BCUT2D eigenvalue weighted by Crippen LogP contribution is -2.51. The Balaban J connectivity index is 2.00. The van der Waals surface area contributed by atoms with Gasteiger partial charge in [0.1, 0.15) is 0 Å². The molecule has 0 radical (unpaired) electrons. The van der Waals surface area contributed by atoms with Crippen LogP contribution in [0.5, 0.6) is 0 Å². The Kier molecular flexibility index (Phi) is 4.05. The van der Waals surface area contributed by atoms with Crippen molar-refractivity contribution in [2.75, 3.05) is 13.1 Å². The van der Waals surface area contributed by atoms with Crippen LogP contribution >= 0.6 is 0 Å². The van der Waals surface area contributed by atoms with Gasteiger partial charge < -0.3 is 10.2 Å². The number of aliphatic hydroxyl groups is 2. The van der Waals surface area contributed by atoms with Crippen molar-refractivity contribution in [2.45, 2.75) is 38.5 Å². The van der Waals surface area contributed by atoms with E-state index in [4.69, 9.17) is 0 Å². The molecule has 1 fully saturated rings. The first-order chi connectivity index (χ1) is 8.47. The van der Waals surface area contributed by atoms with Gasteiger partial charge in [0.25, 0.3) is 0 Å². The second-order valence-electron chi connectivity index (χ2n) is 5.84. The Morgan fingerprint density at radius 3 is 2.56 bits per heavy atom. The molecule has 0 amide bonds. The fraction of sp³-hybridized carbons (Fsp3) is 0.600. The molecular weight excluding hydrogens is 226 g/mol. The van der Waals surface area contributed by atoms with E-state index in [0.717, 1.165) is 26.1 Å².